The molecule has 0 spiro atoms. The van der Waals surface area contributed by atoms with E-state index in [4.69, 9.17) is 0 Å². The summed E-state index contributed by atoms with van der Waals surface area (Å²) in [7, 11) is 1.28. The van der Waals surface area contributed by atoms with Gasteiger partial charge < -0.3 is 15.2 Å². The first-order valence-corrected chi connectivity index (χ1v) is 6.53. The number of esters is 1. The number of benzene rings is 1. The van der Waals surface area contributed by atoms with Gasteiger partial charge in [-0.3, -0.25) is 4.79 Å². The maximum Gasteiger partial charge on any atom is 0.328 e. The van der Waals surface area contributed by atoms with Crippen molar-refractivity contribution >= 4 is 11.9 Å². The monoisotopic (exact) mass is 279 g/mol. The normalized spacial score (nSPS) is 12.1. The maximum absolute atomic E-state index is 12.2. The highest BCUT2D eigenvalue weighted by Crippen LogP contribution is 2.18. The number of aryl methyl sites for hydroxylation is 1. The zero-order chi connectivity index (χ0) is 15.3. The van der Waals surface area contributed by atoms with Crippen LogP contribution in [0, 0.1) is 12.8 Å². The molecule has 1 aromatic rings. The highest BCUT2D eigenvalue weighted by Gasteiger charge is 2.24. The molecule has 0 aliphatic carbocycles. The van der Waals surface area contributed by atoms with Crippen molar-refractivity contribution in [3.8, 4) is 5.75 Å². The second-order valence-electron chi connectivity index (χ2n) is 5.20. The lowest BCUT2D eigenvalue weighted by Crippen LogP contribution is -2.42. The fourth-order valence-electron chi connectivity index (χ4n) is 1.90. The minimum atomic E-state index is -0.715. The summed E-state index contributed by atoms with van der Waals surface area (Å²) in [6.07, 6.45) is 0.477. The predicted molar refractivity (Wildman–Crippen MR) is 75.6 cm³/mol. The van der Waals surface area contributed by atoms with E-state index >= 15 is 0 Å². The average molecular weight is 279 g/mol. The van der Waals surface area contributed by atoms with Gasteiger partial charge in [0, 0.05) is 0 Å². The zero-order valence-electron chi connectivity index (χ0n) is 12.3. The third kappa shape index (κ3) is 4.26. The van der Waals surface area contributed by atoms with Gasteiger partial charge in [-0.15, -0.1) is 0 Å². The van der Waals surface area contributed by atoms with E-state index in [9.17, 15) is 14.7 Å². The molecule has 0 aromatic heterocycles. The van der Waals surface area contributed by atoms with Crippen molar-refractivity contribution in [1.82, 2.24) is 5.32 Å². The van der Waals surface area contributed by atoms with Gasteiger partial charge in [0.05, 0.1) is 12.7 Å². The Morgan fingerprint density at radius 3 is 2.55 bits per heavy atom. The maximum atomic E-state index is 12.2. The minimum absolute atomic E-state index is 0.110. The van der Waals surface area contributed by atoms with Crippen LogP contribution in [0.5, 0.6) is 5.75 Å². The highest BCUT2D eigenvalue weighted by molar-refractivity contribution is 5.99. The molecule has 1 amide bonds. The molecule has 0 aliphatic rings. The fourth-order valence-corrected chi connectivity index (χ4v) is 1.90. The summed E-state index contributed by atoms with van der Waals surface area (Å²) >= 11 is 0. The second kappa shape index (κ2) is 6.93. The number of carbonyl (C=O) groups excluding carboxylic acids is 2. The number of nitrogens with one attached hydrogen (secondary N) is 1. The molecule has 0 heterocycles. The SMILES string of the molecule is COC(=O)C(CC(C)C)NC(=O)c1cc(C)ccc1O. The Bertz CT molecular complexity index is 497. The molecule has 0 fully saturated rings. The van der Waals surface area contributed by atoms with E-state index in [1.54, 1.807) is 12.1 Å². The number of phenolic OH excluding ortho intramolecular Hbond substituents is 1. The number of phenols is 1. The first-order valence-electron chi connectivity index (χ1n) is 6.53. The molecular formula is C15H21NO4. The van der Waals surface area contributed by atoms with E-state index in [2.05, 4.69) is 10.1 Å². The Morgan fingerprint density at radius 1 is 1.35 bits per heavy atom. The van der Waals surface area contributed by atoms with Crippen molar-refractivity contribution in [1.29, 1.82) is 0 Å². The number of ether oxygens (including phenoxy) is 1. The van der Waals surface area contributed by atoms with Gasteiger partial charge in [0.1, 0.15) is 11.8 Å². The summed E-state index contributed by atoms with van der Waals surface area (Å²) in [4.78, 5) is 23.8. The molecule has 110 valence electrons. The van der Waals surface area contributed by atoms with Crippen molar-refractivity contribution < 1.29 is 19.4 Å². The van der Waals surface area contributed by atoms with Crippen molar-refractivity contribution in [2.45, 2.75) is 33.2 Å². The standard InChI is InChI=1S/C15H21NO4/c1-9(2)7-12(15(19)20-4)16-14(18)11-8-10(3)5-6-13(11)17/h5-6,8-9,12,17H,7H2,1-4H3,(H,16,18). The quantitative estimate of drug-likeness (QED) is 0.808. The largest absolute Gasteiger partial charge is 0.507 e. The molecule has 2 N–H and O–H groups in total. The van der Waals surface area contributed by atoms with E-state index in [0.717, 1.165) is 5.56 Å². The molecule has 0 bridgehead atoms. The van der Waals surface area contributed by atoms with Crippen LogP contribution in [0.2, 0.25) is 0 Å². The first kappa shape index (κ1) is 16.0. The van der Waals surface area contributed by atoms with Crippen LogP contribution in [0.4, 0.5) is 0 Å². The first-order chi connectivity index (χ1) is 9.35. The predicted octanol–water partition coefficient (Wildman–Crippen LogP) is 2.02. The molecule has 20 heavy (non-hydrogen) atoms. The van der Waals surface area contributed by atoms with E-state index in [1.807, 2.05) is 20.8 Å². The number of carbonyl (C=O) groups is 2. The van der Waals surface area contributed by atoms with Crippen LogP contribution in [-0.2, 0) is 9.53 Å². The highest BCUT2D eigenvalue weighted by atomic mass is 16.5. The van der Waals surface area contributed by atoms with E-state index in [-0.39, 0.29) is 17.2 Å². The number of rotatable bonds is 5. The van der Waals surface area contributed by atoms with Crippen LogP contribution in [0.3, 0.4) is 0 Å². The van der Waals surface area contributed by atoms with E-state index < -0.39 is 17.9 Å². The Hall–Kier alpha value is -2.04. The summed E-state index contributed by atoms with van der Waals surface area (Å²) in [5, 5.41) is 12.3. The van der Waals surface area contributed by atoms with Crippen molar-refractivity contribution in [2.24, 2.45) is 5.92 Å². The third-order valence-corrected chi connectivity index (χ3v) is 2.89. The molecule has 5 nitrogen and oxygen atoms in total. The van der Waals surface area contributed by atoms with Gasteiger partial charge in [-0.1, -0.05) is 25.5 Å². The lowest BCUT2D eigenvalue weighted by Gasteiger charge is -2.18. The van der Waals surface area contributed by atoms with Gasteiger partial charge in [0.2, 0.25) is 0 Å². The molecule has 1 rings (SSSR count). The molecule has 1 unspecified atom stereocenters. The van der Waals surface area contributed by atoms with Crippen LogP contribution < -0.4 is 5.32 Å². The van der Waals surface area contributed by atoms with Crippen LogP contribution in [0.25, 0.3) is 0 Å². The fraction of sp³-hybridized carbons (Fsp3) is 0.467. The summed E-state index contributed by atoms with van der Waals surface area (Å²) in [5.74, 6) is -0.854. The molecule has 5 heteroatoms. The Morgan fingerprint density at radius 2 is 2.00 bits per heavy atom. The van der Waals surface area contributed by atoms with E-state index in [1.165, 1.54) is 13.2 Å². The lowest BCUT2D eigenvalue weighted by atomic mass is 10.0. The number of aromatic hydroxyl groups is 1. The van der Waals surface area contributed by atoms with Gasteiger partial charge in [0.25, 0.3) is 5.91 Å². The zero-order valence-corrected chi connectivity index (χ0v) is 12.3. The molecule has 0 radical (unpaired) electrons. The number of amides is 1. The minimum Gasteiger partial charge on any atom is -0.507 e. The van der Waals surface area contributed by atoms with Crippen LogP contribution in [0.15, 0.2) is 18.2 Å². The van der Waals surface area contributed by atoms with Crippen LogP contribution >= 0.6 is 0 Å². The smallest absolute Gasteiger partial charge is 0.328 e. The summed E-state index contributed by atoms with van der Waals surface area (Å²) in [6, 6.07) is 4.03. The van der Waals surface area contributed by atoms with Crippen molar-refractivity contribution in [3.05, 3.63) is 29.3 Å². The summed E-state index contributed by atoms with van der Waals surface area (Å²) in [6.45, 7) is 5.72. The van der Waals surface area contributed by atoms with Gasteiger partial charge in [-0.2, -0.15) is 0 Å². The van der Waals surface area contributed by atoms with E-state index in [0.29, 0.717) is 6.42 Å². The Labute approximate surface area is 118 Å². The topological polar surface area (TPSA) is 75.6 Å². The van der Waals surface area contributed by atoms with Gasteiger partial charge in [-0.05, 0) is 31.4 Å². The average Bonchev–Trinajstić information content (AvgIpc) is 2.39. The van der Waals surface area contributed by atoms with Crippen molar-refractivity contribution in [2.75, 3.05) is 7.11 Å². The lowest BCUT2D eigenvalue weighted by molar-refractivity contribution is -0.143. The molecule has 0 aliphatic heterocycles. The number of hydrogen-bond acceptors (Lipinski definition) is 4. The Kier molecular flexibility index (Phi) is 5.55. The second-order valence-corrected chi connectivity index (χ2v) is 5.20. The summed E-state index contributed by atoms with van der Waals surface area (Å²) in [5.41, 5.74) is 1.01. The van der Waals surface area contributed by atoms with Gasteiger partial charge in [-0.25, -0.2) is 4.79 Å². The Balaban J connectivity index is 2.90. The number of hydrogen-bond donors (Lipinski definition) is 2. The van der Waals surface area contributed by atoms with Crippen LogP contribution in [0.1, 0.15) is 36.2 Å². The molecule has 1 aromatic carbocycles. The molecule has 1 atom stereocenters. The van der Waals surface area contributed by atoms with Crippen LogP contribution in [-0.4, -0.2) is 30.1 Å². The van der Waals surface area contributed by atoms with Crippen molar-refractivity contribution in [3.63, 3.8) is 0 Å². The van der Waals surface area contributed by atoms with Gasteiger partial charge >= 0.3 is 5.97 Å². The molecule has 0 saturated carbocycles. The molecule has 0 saturated heterocycles. The number of methoxy groups -OCH3 is 1. The molecular weight excluding hydrogens is 258 g/mol. The summed E-state index contributed by atoms with van der Waals surface area (Å²) < 4.78 is 4.69. The van der Waals surface area contributed by atoms with Gasteiger partial charge in [0.15, 0.2) is 0 Å². The third-order valence-electron chi connectivity index (χ3n) is 2.89.